The number of methoxy groups -OCH3 is 2. The molecule has 0 bridgehead atoms. The van der Waals surface area contributed by atoms with Gasteiger partial charge >= 0.3 is 24.4 Å². The van der Waals surface area contributed by atoms with Crippen LogP contribution in [0.2, 0.25) is 0 Å². The van der Waals surface area contributed by atoms with Crippen LogP contribution in [0.25, 0.3) is 11.5 Å². The molecule has 2 heterocycles. The highest BCUT2D eigenvalue weighted by atomic mass is 32.2. The van der Waals surface area contributed by atoms with Crippen LogP contribution >= 0.6 is 11.8 Å². The summed E-state index contributed by atoms with van der Waals surface area (Å²) in [6.07, 6.45) is -9.99. The summed E-state index contributed by atoms with van der Waals surface area (Å²) in [6.45, 7) is 0. The molecule has 3 aromatic rings. The van der Waals surface area contributed by atoms with Crippen molar-refractivity contribution in [3.8, 4) is 23.5 Å². The molecule has 31 heavy (non-hydrogen) atoms. The summed E-state index contributed by atoms with van der Waals surface area (Å²) in [4.78, 5) is 15.6. The van der Waals surface area contributed by atoms with Crippen LogP contribution in [0, 0.1) is 0 Å². The van der Waals surface area contributed by atoms with E-state index in [9.17, 15) is 26.3 Å². The van der Waals surface area contributed by atoms with E-state index in [0.717, 1.165) is 11.8 Å². The molecule has 0 saturated carbocycles. The largest absolute Gasteiger partial charge is 0.467 e. The van der Waals surface area contributed by atoms with Gasteiger partial charge in [-0.3, -0.25) is 0 Å². The highest BCUT2D eigenvalue weighted by Crippen LogP contribution is 2.38. The molecule has 1 aromatic carbocycles. The molecule has 0 atom stereocenters. The molecule has 2 aromatic heterocycles. The summed E-state index contributed by atoms with van der Waals surface area (Å²) < 4.78 is 92.7. The molecule has 0 spiro atoms. The second kappa shape index (κ2) is 8.56. The molecule has 166 valence electrons. The van der Waals surface area contributed by atoms with Crippen molar-refractivity contribution >= 4 is 11.8 Å². The van der Waals surface area contributed by atoms with Gasteiger partial charge < -0.3 is 14.0 Å². The molecule has 0 radical (unpaired) electrons. The fourth-order valence-electron chi connectivity index (χ4n) is 2.20. The lowest BCUT2D eigenvalue weighted by molar-refractivity contribution is -0.143. The third kappa shape index (κ3) is 5.53. The summed E-state index contributed by atoms with van der Waals surface area (Å²) >= 11 is 0.989. The molecule has 8 nitrogen and oxygen atoms in total. The first-order valence-electron chi connectivity index (χ1n) is 8.09. The van der Waals surface area contributed by atoms with E-state index in [1.54, 1.807) is 0 Å². The topological polar surface area (TPSA) is 96.1 Å². The van der Waals surface area contributed by atoms with Crippen molar-refractivity contribution in [2.45, 2.75) is 23.3 Å². The molecule has 15 heteroatoms. The van der Waals surface area contributed by atoms with Crippen LogP contribution in [0.15, 0.2) is 27.9 Å². The number of hydrogen-bond donors (Lipinski definition) is 0. The zero-order chi connectivity index (χ0) is 22.8. The maximum absolute atomic E-state index is 13.0. The van der Waals surface area contributed by atoms with Crippen LogP contribution in [-0.2, 0) is 18.1 Å². The molecule has 0 unspecified atom stereocenters. The minimum atomic E-state index is -4.99. The van der Waals surface area contributed by atoms with E-state index in [1.807, 2.05) is 0 Å². The highest BCUT2D eigenvalue weighted by molar-refractivity contribution is 7.98. The molecular weight excluding hydrogens is 456 g/mol. The molecule has 3 rings (SSSR count). The van der Waals surface area contributed by atoms with Crippen molar-refractivity contribution in [3.05, 3.63) is 35.2 Å². The van der Waals surface area contributed by atoms with Gasteiger partial charge in [0.05, 0.1) is 31.1 Å². The first-order valence-corrected chi connectivity index (χ1v) is 9.07. The average Bonchev–Trinajstić information content (AvgIpc) is 3.19. The van der Waals surface area contributed by atoms with Crippen molar-refractivity contribution in [1.29, 1.82) is 0 Å². The summed E-state index contributed by atoms with van der Waals surface area (Å²) in [5, 5.41) is 3.73. The molecule has 0 aliphatic carbocycles. The first kappa shape index (κ1) is 22.6. The van der Waals surface area contributed by atoms with Crippen LogP contribution in [-0.4, -0.2) is 39.3 Å². The normalized spacial score (nSPS) is 12.1. The third-order valence-corrected chi connectivity index (χ3v) is 4.42. The molecule has 0 N–H and O–H groups in total. The zero-order valence-electron chi connectivity index (χ0n) is 15.6. The van der Waals surface area contributed by atoms with Crippen molar-refractivity contribution in [3.63, 3.8) is 0 Å². The Morgan fingerprint density at radius 3 is 1.87 bits per heavy atom. The maximum atomic E-state index is 13.0. The Labute approximate surface area is 174 Å². The number of ether oxygens (including phenoxy) is 2. The van der Waals surface area contributed by atoms with E-state index in [0.29, 0.717) is 12.1 Å². The summed E-state index contributed by atoms with van der Waals surface area (Å²) in [7, 11) is 2.66. The molecule has 0 fully saturated rings. The van der Waals surface area contributed by atoms with Crippen LogP contribution in [0.1, 0.15) is 17.0 Å². The number of alkyl halides is 6. The second-order valence-electron chi connectivity index (χ2n) is 5.69. The van der Waals surface area contributed by atoms with Crippen molar-refractivity contribution in [2.75, 3.05) is 14.2 Å². The number of benzene rings is 1. The summed E-state index contributed by atoms with van der Waals surface area (Å²) in [6, 6.07) is 0.972. The number of aromatic nitrogens is 5. The standard InChI is InChI=1S/C16H11F6N5O3S/c1-28-12-24-13(29-2)26-14(25-12)31-6-10-23-11(30-27-10)7-3-8(15(17,18)19)5-9(4-7)16(20,21)22/h3-5H,6H2,1-2H3. The van der Waals surface area contributed by atoms with Crippen molar-refractivity contribution < 1.29 is 40.3 Å². The lowest BCUT2D eigenvalue weighted by Gasteiger charge is -2.12. The smallest absolute Gasteiger partial charge is 0.416 e. The van der Waals surface area contributed by atoms with Gasteiger partial charge in [0.25, 0.3) is 5.89 Å². The Hall–Kier alpha value is -3.10. The summed E-state index contributed by atoms with van der Waals surface area (Å²) in [5.41, 5.74) is -3.50. The van der Waals surface area contributed by atoms with Crippen LogP contribution in [0.3, 0.4) is 0 Å². The molecule has 0 aliphatic heterocycles. The SMILES string of the molecule is COc1nc(OC)nc(SCc2noc(-c3cc(C(F)(F)F)cc(C(F)(F)F)c3)n2)n1. The van der Waals surface area contributed by atoms with E-state index in [4.69, 9.17) is 14.0 Å². The lowest BCUT2D eigenvalue weighted by atomic mass is 10.0. The zero-order valence-corrected chi connectivity index (χ0v) is 16.4. The first-order chi connectivity index (χ1) is 14.5. The van der Waals surface area contributed by atoms with Gasteiger partial charge in [-0.05, 0) is 18.2 Å². The third-order valence-electron chi connectivity index (χ3n) is 3.57. The van der Waals surface area contributed by atoms with Gasteiger partial charge in [-0.2, -0.15) is 41.3 Å². The van der Waals surface area contributed by atoms with Gasteiger partial charge in [0.15, 0.2) is 11.0 Å². The number of halogens is 6. The quantitative estimate of drug-likeness (QED) is 0.389. The Balaban J connectivity index is 1.85. The number of rotatable bonds is 6. The molecule has 0 amide bonds. The van der Waals surface area contributed by atoms with Gasteiger partial charge in [0, 0.05) is 5.56 Å². The fraction of sp³-hybridized carbons (Fsp3) is 0.312. The predicted molar refractivity (Wildman–Crippen MR) is 92.2 cm³/mol. The van der Waals surface area contributed by atoms with E-state index in [2.05, 4.69) is 25.1 Å². The number of thioether (sulfide) groups is 1. The van der Waals surface area contributed by atoms with E-state index in [-0.39, 0.29) is 34.8 Å². The predicted octanol–water partition coefficient (Wildman–Crippen LogP) is 4.27. The minimum absolute atomic E-state index is 0.00902. The van der Waals surface area contributed by atoms with Gasteiger partial charge in [0.1, 0.15) is 0 Å². The Bertz CT molecular complexity index is 1020. The Kier molecular flexibility index (Phi) is 6.24. The van der Waals surface area contributed by atoms with E-state index in [1.165, 1.54) is 14.2 Å². The van der Waals surface area contributed by atoms with Crippen LogP contribution in [0.4, 0.5) is 26.3 Å². The van der Waals surface area contributed by atoms with Crippen molar-refractivity contribution in [1.82, 2.24) is 25.1 Å². The van der Waals surface area contributed by atoms with Crippen LogP contribution < -0.4 is 9.47 Å². The number of nitrogens with zero attached hydrogens (tertiary/aromatic N) is 5. The van der Waals surface area contributed by atoms with E-state index < -0.39 is 34.9 Å². The molecular formula is C16H11F6N5O3S. The van der Waals surface area contributed by atoms with Gasteiger partial charge in [0.2, 0.25) is 0 Å². The Morgan fingerprint density at radius 2 is 1.39 bits per heavy atom. The van der Waals surface area contributed by atoms with Gasteiger partial charge in [-0.1, -0.05) is 16.9 Å². The summed E-state index contributed by atoms with van der Waals surface area (Å²) in [5.74, 6) is -0.521. The highest BCUT2D eigenvalue weighted by Gasteiger charge is 2.37. The monoisotopic (exact) mass is 467 g/mol. The molecule has 0 saturated heterocycles. The number of hydrogen-bond acceptors (Lipinski definition) is 9. The second-order valence-corrected chi connectivity index (χ2v) is 6.63. The lowest BCUT2D eigenvalue weighted by Crippen LogP contribution is -2.11. The Morgan fingerprint density at radius 1 is 0.839 bits per heavy atom. The minimum Gasteiger partial charge on any atom is -0.467 e. The van der Waals surface area contributed by atoms with Crippen molar-refractivity contribution in [2.24, 2.45) is 0 Å². The van der Waals surface area contributed by atoms with Gasteiger partial charge in [-0.15, -0.1) is 4.98 Å². The average molecular weight is 467 g/mol. The molecule has 0 aliphatic rings. The van der Waals surface area contributed by atoms with Crippen LogP contribution in [0.5, 0.6) is 12.0 Å². The van der Waals surface area contributed by atoms with Gasteiger partial charge in [-0.25, -0.2) is 0 Å². The maximum Gasteiger partial charge on any atom is 0.416 e. The van der Waals surface area contributed by atoms with E-state index >= 15 is 0 Å². The fourth-order valence-corrected chi connectivity index (χ4v) is 2.87.